The molecule has 0 spiro atoms. The molecule has 0 N–H and O–H groups in total. The van der Waals surface area contributed by atoms with Crippen LogP contribution in [0.4, 0.5) is 0 Å². The maximum absolute atomic E-state index is 11.1. The van der Waals surface area contributed by atoms with Gasteiger partial charge in [-0.3, -0.25) is 4.79 Å². The zero-order valence-electron chi connectivity index (χ0n) is 12.5. The summed E-state index contributed by atoms with van der Waals surface area (Å²) >= 11 is 5.53. The molecule has 20 heavy (non-hydrogen) atoms. The quantitative estimate of drug-likeness (QED) is 0.187. The van der Waals surface area contributed by atoms with Crippen molar-refractivity contribution in [3.05, 3.63) is 12.3 Å². The zero-order valence-corrected chi connectivity index (χ0v) is 13.3. The van der Waals surface area contributed by atoms with E-state index in [9.17, 15) is 4.79 Å². The van der Waals surface area contributed by atoms with Gasteiger partial charge in [-0.1, -0.05) is 32.8 Å². The largest absolute Gasteiger partial charge is 0.343 e. The van der Waals surface area contributed by atoms with Crippen LogP contribution < -0.4 is 0 Å². The number of unbranched alkanes of at least 4 members (excludes halogenated alkanes) is 3. The maximum Gasteiger partial charge on any atom is 0.224 e. The molecule has 1 aliphatic carbocycles. The summed E-state index contributed by atoms with van der Waals surface area (Å²) in [4.78, 5) is 21.5. The summed E-state index contributed by atoms with van der Waals surface area (Å²) in [5.41, 5.74) is 0. The first-order chi connectivity index (χ1) is 9.63. The van der Waals surface area contributed by atoms with E-state index in [4.69, 9.17) is 21.4 Å². The number of hydrogen-bond donors (Lipinski definition) is 0. The fourth-order valence-electron chi connectivity index (χ4n) is 2.66. The molecular formula is C16H27ClO3. The average molecular weight is 303 g/mol. The summed E-state index contributed by atoms with van der Waals surface area (Å²) in [5.74, 6) is 1.29. The van der Waals surface area contributed by atoms with Gasteiger partial charge in [0, 0.05) is 12.3 Å². The Kier molecular flexibility index (Phi) is 8.95. The van der Waals surface area contributed by atoms with E-state index in [0.29, 0.717) is 18.3 Å². The fourth-order valence-corrected chi connectivity index (χ4v) is 2.88. The van der Waals surface area contributed by atoms with Crippen LogP contribution in [0.2, 0.25) is 0 Å². The molecule has 4 heteroatoms. The highest BCUT2D eigenvalue weighted by Crippen LogP contribution is 2.33. The van der Waals surface area contributed by atoms with Gasteiger partial charge in [0.15, 0.2) is 0 Å². The van der Waals surface area contributed by atoms with Crippen LogP contribution >= 0.6 is 11.6 Å². The number of hydrogen-bond acceptors (Lipinski definition) is 3. The first kappa shape index (κ1) is 17.5. The smallest absolute Gasteiger partial charge is 0.224 e. The number of carbonyl (C=O) groups excluding carboxylic acids is 1. The third-order valence-corrected chi connectivity index (χ3v) is 4.25. The van der Waals surface area contributed by atoms with Crippen molar-refractivity contribution in [2.45, 2.75) is 64.7 Å². The molecule has 0 aromatic carbocycles. The summed E-state index contributed by atoms with van der Waals surface area (Å²) < 4.78 is 0. The highest BCUT2D eigenvalue weighted by Gasteiger charge is 2.25. The molecule has 0 radical (unpaired) electrons. The molecular weight excluding hydrogens is 276 g/mol. The molecule has 1 rings (SSSR count). The van der Waals surface area contributed by atoms with E-state index < -0.39 is 0 Å². The predicted molar refractivity (Wildman–Crippen MR) is 81.2 cm³/mol. The minimum Gasteiger partial charge on any atom is -0.343 e. The van der Waals surface area contributed by atoms with Crippen molar-refractivity contribution in [2.75, 3.05) is 6.61 Å². The van der Waals surface area contributed by atoms with Crippen molar-refractivity contribution in [1.82, 2.24) is 0 Å². The van der Waals surface area contributed by atoms with Gasteiger partial charge in [0.05, 0.1) is 6.61 Å². The molecule has 0 saturated heterocycles. The number of carbonyl (C=O) groups is 1. The molecule has 0 aromatic rings. The van der Waals surface area contributed by atoms with Crippen LogP contribution in [-0.2, 0) is 14.6 Å². The van der Waals surface area contributed by atoms with E-state index >= 15 is 0 Å². The van der Waals surface area contributed by atoms with E-state index in [-0.39, 0.29) is 11.2 Å². The third-order valence-electron chi connectivity index (χ3n) is 3.94. The van der Waals surface area contributed by atoms with Gasteiger partial charge in [-0.25, -0.2) is 0 Å². The van der Waals surface area contributed by atoms with Gasteiger partial charge in [-0.2, -0.15) is 4.89 Å². The minimum absolute atomic E-state index is 0.0527. The van der Waals surface area contributed by atoms with Crippen molar-refractivity contribution >= 4 is 16.8 Å². The van der Waals surface area contributed by atoms with Crippen LogP contribution in [0, 0.1) is 11.8 Å². The molecule has 0 amide bonds. The number of rotatable bonds is 10. The van der Waals surface area contributed by atoms with Gasteiger partial charge in [0.25, 0.3) is 0 Å². The fraction of sp³-hybridized carbons (Fsp3) is 0.812. The lowest BCUT2D eigenvalue weighted by Gasteiger charge is -2.26. The number of halogens is 1. The van der Waals surface area contributed by atoms with Crippen LogP contribution in [0.5, 0.6) is 0 Å². The SMILES string of the molecule is C=C(CC1CCC(C(=O)Cl)CC1)OOCCCCCC. The van der Waals surface area contributed by atoms with Gasteiger partial charge in [0.2, 0.25) is 5.24 Å². The van der Waals surface area contributed by atoms with Crippen LogP contribution in [0.3, 0.4) is 0 Å². The summed E-state index contributed by atoms with van der Waals surface area (Å²) in [7, 11) is 0. The molecule has 0 aliphatic heterocycles. The van der Waals surface area contributed by atoms with Crippen LogP contribution in [0.15, 0.2) is 12.3 Å². The van der Waals surface area contributed by atoms with Crippen molar-refractivity contribution in [3.63, 3.8) is 0 Å². The molecule has 3 nitrogen and oxygen atoms in total. The Bertz CT molecular complexity index is 296. The monoisotopic (exact) mass is 302 g/mol. The first-order valence-corrected chi connectivity index (χ1v) is 8.17. The average Bonchev–Trinajstić information content (AvgIpc) is 2.43. The van der Waals surface area contributed by atoms with Crippen molar-refractivity contribution in [2.24, 2.45) is 11.8 Å². The Balaban J connectivity index is 2.04. The van der Waals surface area contributed by atoms with E-state index in [1.165, 1.54) is 19.3 Å². The Morgan fingerprint density at radius 3 is 2.50 bits per heavy atom. The summed E-state index contributed by atoms with van der Waals surface area (Å²) in [6.07, 6.45) is 9.30. The second-order valence-electron chi connectivity index (χ2n) is 5.73. The van der Waals surface area contributed by atoms with Gasteiger partial charge < -0.3 is 4.89 Å². The lowest BCUT2D eigenvalue weighted by atomic mass is 9.81. The van der Waals surface area contributed by atoms with E-state index in [2.05, 4.69) is 13.5 Å². The summed E-state index contributed by atoms with van der Waals surface area (Å²) in [6.45, 7) is 6.71. The molecule has 0 bridgehead atoms. The predicted octanol–water partition coefficient (Wildman–Crippen LogP) is 4.99. The summed E-state index contributed by atoms with van der Waals surface area (Å²) in [6, 6.07) is 0. The van der Waals surface area contributed by atoms with Gasteiger partial charge >= 0.3 is 0 Å². The molecule has 1 fully saturated rings. The van der Waals surface area contributed by atoms with E-state index in [1.807, 2.05) is 0 Å². The normalized spacial score (nSPS) is 22.5. The Morgan fingerprint density at radius 2 is 1.90 bits per heavy atom. The lowest BCUT2D eigenvalue weighted by Crippen LogP contribution is -2.19. The first-order valence-electron chi connectivity index (χ1n) is 7.80. The molecule has 1 saturated carbocycles. The highest BCUT2D eigenvalue weighted by molar-refractivity contribution is 6.63. The molecule has 0 heterocycles. The minimum atomic E-state index is -0.186. The van der Waals surface area contributed by atoms with Crippen LogP contribution in [-0.4, -0.2) is 11.8 Å². The van der Waals surface area contributed by atoms with Gasteiger partial charge in [-0.05, 0) is 49.6 Å². The van der Waals surface area contributed by atoms with Gasteiger partial charge in [-0.15, -0.1) is 0 Å². The van der Waals surface area contributed by atoms with Crippen LogP contribution in [0.1, 0.15) is 64.7 Å². The van der Waals surface area contributed by atoms with E-state index in [1.54, 1.807) is 0 Å². The Hall–Kier alpha value is -0.540. The van der Waals surface area contributed by atoms with E-state index in [0.717, 1.165) is 38.5 Å². The molecule has 0 aromatic heterocycles. The van der Waals surface area contributed by atoms with Crippen molar-refractivity contribution in [3.8, 4) is 0 Å². The van der Waals surface area contributed by atoms with Gasteiger partial charge in [0.1, 0.15) is 5.76 Å². The highest BCUT2D eigenvalue weighted by atomic mass is 35.5. The Morgan fingerprint density at radius 1 is 1.20 bits per heavy atom. The second-order valence-corrected chi connectivity index (χ2v) is 6.10. The third kappa shape index (κ3) is 7.30. The lowest BCUT2D eigenvalue weighted by molar-refractivity contribution is -0.265. The van der Waals surface area contributed by atoms with Crippen molar-refractivity contribution in [1.29, 1.82) is 0 Å². The summed E-state index contributed by atoms with van der Waals surface area (Å²) in [5, 5.41) is -0.186. The maximum atomic E-state index is 11.1. The molecule has 116 valence electrons. The topological polar surface area (TPSA) is 35.5 Å². The van der Waals surface area contributed by atoms with Crippen LogP contribution in [0.25, 0.3) is 0 Å². The Labute approximate surface area is 127 Å². The molecule has 1 aliphatic rings. The van der Waals surface area contributed by atoms with Crippen molar-refractivity contribution < 1.29 is 14.6 Å². The zero-order chi connectivity index (χ0) is 14.8. The number of allylic oxidation sites excluding steroid dienone is 1. The standard InChI is InChI=1S/C16H27ClO3/c1-3-4-5-6-11-19-20-13(2)12-14-7-9-15(10-8-14)16(17)18/h14-15H,2-12H2,1H3. The molecule has 0 atom stereocenters. The second kappa shape index (κ2) is 10.2. The molecule has 0 unspecified atom stereocenters.